The molecule has 2 unspecified atom stereocenters. The van der Waals surface area contributed by atoms with Crippen LogP contribution in [0.1, 0.15) is 26.7 Å². The summed E-state index contributed by atoms with van der Waals surface area (Å²) in [5.74, 6) is 0.400. The van der Waals surface area contributed by atoms with Crippen molar-refractivity contribution in [3.8, 4) is 0 Å². The van der Waals surface area contributed by atoms with Crippen LogP contribution in [0.15, 0.2) is 11.6 Å². The SMILES string of the molecule is CCOC(CCl)OC1C=C(C)CC1. The zero-order chi connectivity index (χ0) is 9.68. The molecule has 0 radical (unpaired) electrons. The van der Waals surface area contributed by atoms with Gasteiger partial charge in [0.05, 0.1) is 12.0 Å². The minimum atomic E-state index is -0.251. The van der Waals surface area contributed by atoms with E-state index >= 15 is 0 Å². The van der Waals surface area contributed by atoms with Crippen molar-refractivity contribution in [1.82, 2.24) is 0 Å². The van der Waals surface area contributed by atoms with Gasteiger partial charge in [-0.1, -0.05) is 11.6 Å². The molecule has 0 saturated heterocycles. The van der Waals surface area contributed by atoms with Crippen molar-refractivity contribution < 1.29 is 9.47 Å². The van der Waals surface area contributed by atoms with Crippen molar-refractivity contribution in [2.24, 2.45) is 0 Å². The lowest BCUT2D eigenvalue weighted by molar-refractivity contribution is -0.143. The summed E-state index contributed by atoms with van der Waals surface area (Å²) in [4.78, 5) is 0. The van der Waals surface area contributed by atoms with E-state index in [0.29, 0.717) is 12.5 Å². The van der Waals surface area contributed by atoms with Crippen molar-refractivity contribution in [1.29, 1.82) is 0 Å². The second-order valence-electron chi connectivity index (χ2n) is 3.27. The first-order valence-electron chi connectivity index (χ1n) is 4.76. The van der Waals surface area contributed by atoms with Gasteiger partial charge in [0.15, 0.2) is 6.29 Å². The Bertz CT molecular complexity index is 180. The van der Waals surface area contributed by atoms with E-state index < -0.39 is 0 Å². The van der Waals surface area contributed by atoms with E-state index in [9.17, 15) is 0 Å². The van der Waals surface area contributed by atoms with Crippen LogP contribution in [0, 0.1) is 0 Å². The molecule has 1 aliphatic rings. The fourth-order valence-electron chi connectivity index (χ4n) is 1.46. The van der Waals surface area contributed by atoms with Gasteiger partial charge in [0.2, 0.25) is 0 Å². The Morgan fingerprint density at radius 1 is 1.69 bits per heavy atom. The third-order valence-electron chi connectivity index (χ3n) is 2.10. The van der Waals surface area contributed by atoms with Gasteiger partial charge < -0.3 is 9.47 Å². The molecule has 76 valence electrons. The quantitative estimate of drug-likeness (QED) is 0.390. The van der Waals surface area contributed by atoms with Crippen LogP contribution in [0.2, 0.25) is 0 Å². The number of allylic oxidation sites excluding steroid dienone is 1. The number of ether oxygens (including phenoxy) is 2. The fraction of sp³-hybridized carbons (Fsp3) is 0.800. The Hall–Kier alpha value is -0.0500. The second kappa shape index (κ2) is 5.63. The minimum absolute atomic E-state index is 0.204. The van der Waals surface area contributed by atoms with Crippen LogP contribution in [0.3, 0.4) is 0 Å². The van der Waals surface area contributed by atoms with Gasteiger partial charge in [-0.05, 0) is 26.7 Å². The molecule has 0 aliphatic heterocycles. The third-order valence-corrected chi connectivity index (χ3v) is 2.35. The molecule has 0 bridgehead atoms. The smallest absolute Gasteiger partial charge is 0.171 e. The lowest BCUT2D eigenvalue weighted by Crippen LogP contribution is -2.24. The van der Waals surface area contributed by atoms with Gasteiger partial charge in [-0.2, -0.15) is 0 Å². The summed E-state index contributed by atoms with van der Waals surface area (Å²) in [6.07, 6.45) is 4.30. The number of hydrogen-bond donors (Lipinski definition) is 0. The molecule has 2 atom stereocenters. The van der Waals surface area contributed by atoms with E-state index in [1.54, 1.807) is 0 Å². The summed E-state index contributed by atoms with van der Waals surface area (Å²) in [6, 6.07) is 0. The van der Waals surface area contributed by atoms with Crippen LogP contribution in [-0.2, 0) is 9.47 Å². The van der Waals surface area contributed by atoms with Crippen LogP contribution in [0.25, 0.3) is 0 Å². The maximum atomic E-state index is 5.69. The highest BCUT2D eigenvalue weighted by atomic mass is 35.5. The Morgan fingerprint density at radius 2 is 2.46 bits per heavy atom. The van der Waals surface area contributed by atoms with Crippen LogP contribution < -0.4 is 0 Å². The molecule has 3 heteroatoms. The summed E-state index contributed by atoms with van der Waals surface area (Å²) in [6.45, 7) is 4.71. The molecule has 0 N–H and O–H groups in total. The van der Waals surface area contributed by atoms with Crippen molar-refractivity contribution in [2.75, 3.05) is 12.5 Å². The zero-order valence-corrected chi connectivity index (χ0v) is 9.01. The first kappa shape index (κ1) is 11.0. The van der Waals surface area contributed by atoms with Crippen LogP contribution in [0.5, 0.6) is 0 Å². The Labute approximate surface area is 84.9 Å². The first-order valence-corrected chi connectivity index (χ1v) is 5.30. The lowest BCUT2D eigenvalue weighted by Gasteiger charge is -2.18. The monoisotopic (exact) mass is 204 g/mol. The molecular weight excluding hydrogens is 188 g/mol. The molecule has 0 saturated carbocycles. The average Bonchev–Trinajstić information content (AvgIpc) is 2.50. The first-order chi connectivity index (χ1) is 6.26. The largest absolute Gasteiger partial charge is 0.352 e. The highest BCUT2D eigenvalue weighted by Gasteiger charge is 2.18. The molecule has 13 heavy (non-hydrogen) atoms. The van der Waals surface area contributed by atoms with Crippen molar-refractivity contribution in [3.63, 3.8) is 0 Å². The highest BCUT2D eigenvalue weighted by molar-refractivity contribution is 6.18. The van der Waals surface area contributed by atoms with Crippen molar-refractivity contribution in [3.05, 3.63) is 11.6 Å². The molecule has 0 fully saturated rings. The van der Waals surface area contributed by atoms with Gasteiger partial charge in [-0.3, -0.25) is 0 Å². The summed E-state index contributed by atoms with van der Waals surface area (Å²) < 4.78 is 10.9. The lowest BCUT2D eigenvalue weighted by atomic mass is 10.3. The predicted molar refractivity (Wildman–Crippen MR) is 54.0 cm³/mol. The molecule has 0 heterocycles. The van der Waals surface area contributed by atoms with E-state index in [-0.39, 0.29) is 12.4 Å². The highest BCUT2D eigenvalue weighted by Crippen LogP contribution is 2.21. The van der Waals surface area contributed by atoms with E-state index in [2.05, 4.69) is 13.0 Å². The molecule has 0 aromatic rings. The number of hydrogen-bond acceptors (Lipinski definition) is 2. The van der Waals surface area contributed by atoms with Gasteiger partial charge in [-0.15, -0.1) is 11.6 Å². The standard InChI is InChI=1S/C10H17ClO2/c1-3-12-10(7-11)13-9-5-4-8(2)6-9/h6,9-10H,3-5,7H2,1-2H3. The van der Waals surface area contributed by atoms with E-state index in [4.69, 9.17) is 21.1 Å². The molecule has 0 aromatic carbocycles. The Morgan fingerprint density at radius 3 is 2.92 bits per heavy atom. The third kappa shape index (κ3) is 3.67. The topological polar surface area (TPSA) is 18.5 Å². The molecule has 0 spiro atoms. The molecular formula is C10H17ClO2. The summed E-state index contributed by atoms with van der Waals surface area (Å²) in [5.41, 5.74) is 1.40. The Kier molecular flexibility index (Phi) is 4.78. The van der Waals surface area contributed by atoms with Crippen LogP contribution in [0.4, 0.5) is 0 Å². The van der Waals surface area contributed by atoms with Gasteiger partial charge in [0.1, 0.15) is 0 Å². The van der Waals surface area contributed by atoms with Gasteiger partial charge >= 0.3 is 0 Å². The van der Waals surface area contributed by atoms with Crippen LogP contribution >= 0.6 is 11.6 Å². The maximum Gasteiger partial charge on any atom is 0.171 e. The van der Waals surface area contributed by atoms with E-state index in [0.717, 1.165) is 12.8 Å². The van der Waals surface area contributed by atoms with Crippen molar-refractivity contribution >= 4 is 11.6 Å². The Balaban J connectivity index is 2.29. The molecule has 2 nitrogen and oxygen atoms in total. The number of rotatable bonds is 5. The van der Waals surface area contributed by atoms with Crippen molar-refractivity contribution in [2.45, 2.75) is 39.1 Å². The molecule has 1 aliphatic carbocycles. The maximum absolute atomic E-state index is 5.69. The fourth-order valence-corrected chi connectivity index (χ4v) is 1.62. The normalized spacial score (nSPS) is 24.5. The summed E-state index contributed by atoms with van der Waals surface area (Å²) in [5, 5.41) is 0. The van der Waals surface area contributed by atoms with Gasteiger partial charge in [0, 0.05) is 6.61 Å². The molecule has 0 amide bonds. The van der Waals surface area contributed by atoms with E-state index in [1.165, 1.54) is 5.57 Å². The van der Waals surface area contributed by atoms with Gasteiger partial charge in [0.25, 0.3) is 0 Å². The second-order valence-corrected chi connectivity index (χ2v) is 3.57. The van der Waals surface area contributed by atoms with Crippen LogP contribution in [-0.4, -0.2) is 24.9 Å². The molecule has 0 aromatic heterocycles. The number of alkyl halides is 1. The number of halogens is 1. The summed E-state index contributed by atoms with van der Waals surface area (Å²) >= 11 is 5.69. The van der Waals surface area contributed by atoms with Gasteiger partial charge in [-0.25, -0.2) is 0 Å². The zero-order valence-electron chi connectivity index (χ0n) is 8.25. The van der Waals surface area contributed by atoms with E-state index in [1.807, 2.05) is 6.92 Å². The average molecular weight is 205 g/mol. The minimum Gasteiger partial charge on any atom is -0.352 e. The summed E-state index contributed by atoms with van der Waals surface area (Å²) in [7, 11) is 0. The molecule has 1 rings (SSSR count). The predicted octanol–water partition coefficient (Wildman–Crippen LogP) is 2.71.